The van der Waals surface area contributed by atoms with Gasteiger partial charge in [-0.15, -0.1) is 10.2 Å². The highest BCUT2D eigenvalue weighted by atomic mass is 16.6. The summed E-state index contributed by atoms with van der Waals surface area (Å²) in [7, 11) is 1.32. The van der Waals surface area contributed by atoms with Crippen LogP contribution in [0.4, 0.5) is 0 Å². The third-order valence-corrected chi connectivity index (χ3v) is 11.3. The number of benzene rings is 8. The molecule has 1 radical (unpaired) electrons. The molecule has 0 aliphatic rings. The van der Waals surface area contributed by atoms with Gasteiger partial charge >= 0.3 is 7.69 Å². The van der Waals surface area contributed by atoms with Gasteiger partial charge in [-0.1, -0.05) is 206 Å². The fourth-order valence-electron chi connectivity index (χ4n) is 8.61. The number of hydrogen-bond acceptors (Lipinski definition) is 8. The van der Waals surface area contributed by atoms with E-state index in [-0.39, 0.29) is 0 Å². The summed E-state index contributed by atoms with van der Waals surface area (Å²) in [5.74, 6) is 1.95. The molecule has 0 fully saturated rings. The van der Waals surface area contributed by atoms with Gasteiger partial charge in [0.15, 0.2) is 11.6 Å². The first-order valence-electron chi connectivity index (χ1n) is 20.5. The van der Waals surface area contributed by atoms with E-state index in [2.05, 4.69) is 93.4 Å². The van der Waals surface area contributed by atoms with Crippen LogP contribution in [0.15, 0.2) is 231 Å². The number of para-hydroxylation sites is 2. The summed E-state index contributed by atoms with van der Waals surface area (Å²) in [6, 6.07) is 77.0. The average Bonchev–Trinajstić information content (AvgIpc) is 4.06. The second-order valence-electron chi connectivity index (χ2n) is 14.8. The van der Waals surface area contributed by atoms with Crippen molar-refractivity contribution in [2.75, 3.05) is 0 Å². The van der Waals surface area contributed by atoms with Gasteiger partial charge in [0, 0.05) is 0 Å². The molecule has 10 rings (SSSR count). The van der Waals surface area contributed by atoms with E-state index in [1.165, 1.54) is 7.69 Å². The minimum absolute atomic E-state index is 0.482. The van der Waals surface area contributed by atoms with Crippen molar-refractivity contribution in [3.63, 3.8) is 0 Å². The molecule has 0 unspecified atom stereocenters. The first-order valence-corrected chi connectivity index (χ1v) is 20.5. The molecule has 0 spiro atoms. The molecule has 63 heavy (non-hydrogen) atoms. The molecule has 0 aliphatic heterocycles. The molecule has 0 N–H and O–H groups in total. The summed E-state index contributed by atoms with van der Waals surface area (Å²) >= 11 is 0. The lowest BCUT2D eigenvalue weighted by Gasteiger charge is -2.36. The Kier molecular flexibility index (Phi) is 10.6. The van der Waals surface area contributed by atoms with Crippen LogP contribution >= 0.6 is 0 Å². The van der Waals surface area contributed by atoms with Crippen LogP contribution in [0, 0.1) is 0 Å². The van der Waals surface area contributed by atoms with Gasteiger partial charge in [-0.2, -0.15) is 0 Å². The second kappa shape index (κ2) is 17.3. The van der Waals surface area contributed by atoms with Crippen molar-refractivity contribution < 1.29 is 9.31 Å². The van der Waals surface area contributed by atoms with Gasteiger partial charge in [-0.05, 0) is 78.5 Å². The van der Waals surface area contributed by atoms with Gasteiger partial charge in [0.05, 0.1) is 11.1 Å². The van der Waals surface area contributed by atoms with Crippen molar-refractivity contribution in [1.82, 2.24) is 40.4 Å². The van der Waals surface area contributed by atoms with Gasteiger partial charge in [-0.3, -0.25) is 0 Å². The summed E-state index contributed by atoms with van der Waals surface area (Å²) in [4.78, 5) is 0. The summed E-state index contributed by atoms with van der Waals surface area (Å²) < 4.78 is 16.6. The third-order valence-electron chi connectivity index (χ3n) is 11.3. The Labute approximate surface area is 365 Å². The van der Waals surface area contributed by atoms with Crippen LogP contribution in [0.3, 0.4) is 0 Å². The van der Waals surface area contributed by atoms with Crippen LogP contribution in [-0.4, -0.2) is 48.1 Å². The molecule has 10 aromatic rings. The maximum atomic E-state index is 6.41. The number of aromatic nitrogens is 8. The zero-order chi connectivity index (χ0) is 42.3. The molecule has 2 aromatic heterocycles. The summed E-state index contributed by atoms with van der Waals surface area (Å²) in [5, 5.41) is 27.4. The van der Waals surface area contributed by atoms with E-state index in [1.54, 1.807) is 0 Å². The lowest BCUT2D eigenvalue weighted by Crippen LogP contribution is -2.39. The third kappa shape index (κ3) is 6.91. The number of nitrogens with zero attached hydrogens (tertiary/aromatic N) is 8. The lowest BCUT2D eigenvalue weighted by molar-refractivity contribution is 0.444. The first-order chi connectivity index (χ1) is 31.3. The highest BCUT2D eigenvalue weighted by molar-refractivity contribution is 6.21. The van der Waals surface area contributed by atoms with E-state index in [1.807, 2.05) is 167 Å². The smallest absolute Gasteiger partial charge is 0.526 e. The van der Waals surface area contributed by atoms with Crippen LogP contribution in [0.1, 0.15) is 33.4 Å². The molecule has 301 valence electrons. The van der Waals surface area contributed by atoms with Gasteiger partial charge < -0.3 is 9.31 Å². The van der Waals surface area contributed by atoms with E-state index >= 15 is 0 Å². The van der Waals surface area contributed by atoms with Crippen molar-refractivity contribution in [2.24, 2.45) is 0 Å². The van der Waals surface area contributed by atoms with Crippen LogP contribution in [0.5, 0.6) is 11.5 Å². The molecular formula is C52H38BN8O2. The van der Waals surface area contributed by atoms with Crippen molar-refractivity contribution >= 4 is 7.69 Å². The molecule has 0 amide bonds. The van der Waals surface area contributed by atoms with E-state index < -0.39 is 11.1 Å². The van der Waals surface area contributed by atoms with Crippen molar-refractivity contribution in [3.8, 4) is 34.3 Å². The van der Waals surface area contributed by atoms with E-state index in [4.69, 9.17) is 19.7 Å². The molecule has 0 saturated heterocycles. The van der Waals surface area contributed by atoms with Crippen LogP contribution in [-0.2, 0) is 11.1 Å². The average molecular weight is 818 g/mol. The molecule has 8 aromatic carbocycles. The molecule has 0 atom stereocenters. The Balaban J connectivity index is 1.03. The van der Waals surface area contributed by atoms with Crippen LogP contribution in [0.2, 0.25) is 0 Å². The highest BCUT2D eigenvalue weighted by Gasteiger charge is 2.43. The monoisotopic (exact) mass is 817 g/mol. The van der Waals surface area contributed by atoms with Crippen molar-refractivity contribution in [1.29, 1.82) is 0 Å². The predicted molar refractivity (Wildman–Crippen MR) is 243 cm³/mol. The zero-order valence-corrected chi connectivity index (χ0v) is 33.9. The number of hydrogen-bond donors (Lipinski definition) is 0. The maximum Gasteiger partial charge on any atom is 0.658 e. The largest absolute Gasteiger partial charge is 0.658 e. The molecule has 2 heterocycles. The first kappa shape index (κ1) is 38.7. The molecule has 11 heteroatoms. The van der Waals surface area contributed by atoms with E-state index in [9.17, 15) is 0 Å². The Morgan fingerprint density at radius 3 is 0.857 bits per heavy atom. The number of tetrazole rings is 2. The summed E-state index contributed by atoms with van der Waals surface area (Å²) in [5.41, 5.74) is 5.32. The summed E-state index contributed by atoms with van der Waals surface area (Å²) in [6.45, 7) is 0. The molecular weight excluding hydrogens is 779 g/mol. The predicted octanol–water partition coefficient (Wildman–Crippen LogP) is 9.67. The van der Waals surface area contributed by atoms with Crippen molar-refractivity contribution in [3.05, 3.63) is 264 Å². The highest BCUT2D eigenvalue weighted by Crippen LogP contribution is 2.45. The maximum absolute atomic E-state index is 6.41. The zero-order valence-electron chi connectivity index (χ0n) is 33.9. The normalized spacial score (nSPS) is 11.5. The topological polar surface area (TPSA) is 106 Å². The standard InChI is InChI=1S/C52H38BN8O2/c1-7-23-39(24-8-1)51(40-25-9-2-10-26-40,41-27-11-3-12-28-41)60-49(54-56-58-60)45-35-19-21-37-47(45)62-53-63-48-38-22-20-36-46(48)50-55-57-59-61(50)52(42-29-13-4-14-30-42,43-31-15-5-16-32-43)44-33-17-6-18-34-44/h1-38H. The Morgan fingerprint density at radius 1 is 0.317 bits per heavy atom. The molecule has 0 aliphatic carbocycles. The Morgan fingerprint density at radius 2 is 0.571 bits per heavy atom. The van der Waals surface area contributed by atoms with Gasteiger partial charge in [-0.25, -0.2) is 9.36 Å². The van der Waals surface area contributed by atoms with Gasteiger partial charge in [0.25, 0.3) is 0 Å². The summed E-state index contributed by atoms with van der Waals surface area (Å²) in [6.07, 6.45) is 0. The fourth-order valence-corrected chi connectivity index (χ4v) is 8.61. The van der Waals surface area contributed by atoms with Crippen LogP contribution < -0.4 is 9.31 Å². The molecule has 0 bridgehead atoms. The second-order valence-corrected chi connectivity index (χ2v) is 14.8. The lowest BCUT2D eigenvalue weighted by atomic mass is 9.77. The van der Waals surface area contributed by atoms with Gasteiger partial charge in [0.2, 0.25) is 0 Å². The van der Waals surface area contributed by atoms with E-state index in [0.29, 0.717) is 34.3 Å². The Hall–Kier alpha value is -8.44. The molecule has 0 saturated carbocycles. The minimum Gasteiger partial charge on any atom is -0.526 e. The Bertz CT molecular complexity index is 2640. The van der Waals surface area contributed by atoms with Crippen LogP contribution in [0.25, 0.3) is 22.8 Å². The SMILES string of the molecule is [B](Oc1ccccc1-c1nnnn1C(c1ccccc1)(c1ccccc1)c1ccccc1)Oc1ccccc1-c1nnnn1C(c1ccccc1)(c1ccccc1)c1ccccc1. The minimum atomic E-state index is -0.951. The van der Waals surface area contributed by atoms with E-state index in [0.717, 1.165) is 33.4 Å². The fraction of sp³-hybridized carbons (Fsp3) is 0.0385. The number of rotatable bonds is 14. The molecule has 10 nitrogen and oxygen atoms in total. The quantitative estimate of drug-likeness (QED) is 0.0790. The van der Waals surface area contributed by atoms with Crippen molar-refractivity contribution in [2.45, 2.75) is 11.1 Å². The van der Waals surface area contributed by atoms with Gasteiger partial charge in [0.1, 0.15) is 22.6 Å².